The third-order valence-corrected chi connectivity index (χ3v) is 3.16. The molecule has 6 nitrogen and oxygen atoms in total. The second-order valence-corrected chi connectivity index (χ2v) is 4.65. The minimum absolute atomic E-state index is 0.199. The van der Waals surface area contributed by atoms with E-state index in [-0.39, 0.29) is 17.1 Å². The van der Waals surface area contributed by atoms with Gasteiger partial charge in [-0.2, -0.15) is 0 Å². The lowest BCUT2D eigenvalue weighted by Gasteiger charge is -2.11. The first-order valence-corrected chi connectivity index (χ1v) is 6.25. The minimum atomic E-state index is -0.653. The molecule has 1 amide bonds. The van der Waals surface area contributed by atoms with Crippen LogP contribution in [-0.2, 0) is 0 Å². The van der Waals surface area contributed by atoms with Crippen molar-refractivity contribution >= 4 is 17.3 Å². The van der Waals surface area contributed by atoms with Crippen LogP contribution in [0.5, 0.6) is 5.75 Å². The van der Waals surface area contributed by atoms with Crippen molar-refractivity contribution < 1.29 is 14.8 Å². The number of carbonyl (C=O) groups excluding carboxylic acids is 1. The van der Waals surface area contributed by atoms with Gasteiger partial charge in [-0.1, -0.05) is 24.3 Å². The second-order valence-electron chi connectivity index (χ2n) is 4.65. The molecule has 0 heterocycles. The van der Waals surface area contributed by atoms with Gasteiger partial charge in [-0.25, -0.2) is 0 Å². The lowest BCUT2D eigenvalue weighted by molar-refractivity contribution is -0.384. The van der Waals surface area contributed by atoms with Gasteiger partial charge in [0.1, 0.15) is 5.75 Å². The van der Waals surface area contributed by atoms with E-state index in [2.05, 4.69) is 5.32 Å². The molecule has 6 heteroatoms. The zero-order valence-electron chi connectivity index (χ0n) is 11.6. The molecule has 0 spiro atoms. The van der Waals surface area contributed by atoms with Crippen LogP contribution >= 0.6 is 0 Å². The number of phenolic OH excluding ortho intramolecular Hbond substituents is 1. The van der Waals surface area contributed by atoms with Gasteiger partial charge in [-0.05, 0) is 31.0 Å². The average Bonchev–Trinajstić information content (AvgIpc) is 2.40. The van der Waals surface area contributed by atoms with E-state index in [1.165, 1.54) is 18.2 Å². The maximum Gasteiger partial charge on any atom is 0.296 e. The summed E-state index contributed by atoms with van der Waals surface area (Å²) in [5.41, 5.74) is 1.40. The number of hydrogen-bond acceptors (Lipinski definition) is 4. The van der Waals surface area contributed by atoms with Gasteiger partial charge in [-0.3, -0.25) is 14.9 Å². The van der Waals surface area contributed by atoms with Gasteiger partial charge in [0.25, 0.3) is 11.6 Å². The van der Waals surface area contributed by atoms with Crippen molar-refractivity contribution in [1.29, 1.82) is 0 Å². The Morgan fingerprint density at radius 3 is 2.29 bits per heavy atom. The number of benzene rings is 2. The molecule has 0 unspecified atom stereocenters. The number of para-hydroxylation sites is 1. The number of amides is 1. The number of aryl methyl sites for hydroxylation is 2. The number of aromatic hydroxyl groups is 1. The summed E-state index contributed by atoms with van der Waals surface area (Å²) in [6.45, 7) is 3.56. The molecule has 21 heavy (non-hydrogen) atoms. The van der Waals surface area contributed by atoms with Crippen LogP contribution in [0.15, 0.2) is 36.4 Å². The zero-order chi connectivity index (χ0) is 15.6. The molecule has 2 N–H and O–H groups in total. The predicted molar refractivity (Wildman–Crippen MR) is 78.6 cm³/mol. The summed E-state index contributed by atoms with van der Waals surface area (Å²) in [6, 6.07) is 9.24. The van der Waals surface area contributed by atoms with Crippen LogP contribution in [0.25, 0.3) is 0 Å². The summed E-state index contributed by atoms with van der Waals surface area (Å²) < 4.78 is 0. The fourth-order valence-corrected chi connectivity index (χ4v) is 2.16. The Labute approximate surface area is 121 Å². The van der Waals surface area contributed by atoms with Crippen LogP contribution in [-0.4, -0.2) is 15.9 Å². The Morgan fingerprint density at radius 1 is 1.14 bits per heavy atom. The van der Waals surface area contributed by atoms with E-state index in [4.69, 9.17) is 0 Å². The van der Waals surface area contributed by atoms with Crippen LogP contribution < -0.4 is 5.32 Å². The molecule has 0 radical (unpaired) electrons. The maximum absolute atomic E-state index is 12.3. The van der Waals surface area contributed by atoms with Crippen LogP contribution in [0.2, 0.25) is 0 Å². The molecule has 0 atom stereocenters. The molecule has 2 aromatic carbocycles. The van der Waals surface area contributed by atoms with Crippen molar-refractivity contribution in [3.05, 3.63) is 63.2 Å². The fraction of sp³-hybridized carbons (Fsp3) is 0.133. The number of nitrogens with one attached hydrogen (secondary N) is 1. The standard InChI is InChI=1S/C15H14N2O4/c1-9-5-3-6-10(2)13(9)15(19)16-14-11(17(20)21)7-4-8-12(14)18/h3-8,18H,1-2H3,(H,16,19). The highest BCUT2D eigenvalue weighted by Crippen LogP contribution is 2.33. The Bertz CT molecular complexity index is 705. The number of nitro benzene ring substituents is 1. The van der Waals surface area contributed by atoms with E-state index in [1.807, 2.05) is 6.07 Å². The molecule has 0 aromatic heterocycles. The molecule has 0 fully saturated rings. The normalized spacial score (nSPS) is 10.2. The first kappa shape index (κ1) is 14.5. The van der Waals surface area contributed by atoms with Crippen molar-refractivity contribution in [3.63, 3.8) is 0 Å². The third-order valence-electron chi connectivity index (χ3n) is 3.16. The van der Waals surface area contributed by atoms with Gasteiger partial charge in [0.2, 0.25) is 0 Å². The Hall–Kier alpha value is -2.89. The van der Waals surface area contributed by atoms with E-state index in [9.17, 15) is 20.0 Å². The SMILES string of the molecule is Cc1cccc(C)c1C(=O)Nc1c(O)cccc1[N+](=O)[O-]. The van der Waals surface area contributed by atoms with E-state index in [1.54, 1.807) is 26.0 Å². The third kappa shape index (κ3) is 2.84. The van der Waals surface area contributed by atoms with E-state index in [0.29, 0.717) is 5.56 Å². The largest absolute Gasteiger partial charge is 0.505 e. The lowest BCUT2D eigenvalue weighted by atomic mass is 10.0. The predicted octanol–water partition coefficient (Wildman–Crippen LogP) is 3.17. The van der Waals surface area contributed by atoms with Crippen molar-refractivity contribution in [2.75, 3.05) is 5.32 Å². The smallest absolute Gasteiger partial charge is 0.296 e. The van der Waals surface area contributed by atoms with Crippen molar-refractivity contribution in [2.24, 2.45) is 0 Å². The highest BCUT2D eigenvalue weighted by Gasteiger charge is 2.21. The minimum Gasteiger partial charge on any atom is -0.505 e. The van der Waals surface area contributed by atoms with Gasteiger partial charge in [-0.15, -0.1) is 0 Å². The zero-order valence-corrected chi connectivity index (χ0v) is 11.6. The number of nitro groups is 1. The van der Waals surface area contributed by atoms with E-state index in [0.717, 1.165) is 11.1 Å². The Kier molecular flexibility index (Phi) is 3.89. The molecule has 0 saturated carbocycles. The summed E-state index contributed by atoms with van der Waals surface area (Å²) in [7, 11) is 0. The molecular weight excluding hydrogens is 272 g/mol. The maximum atomic E-state index is 12.3. The quantitative estimate of drug-likeness (QED) is 0.515. The van der Waals surface area contributed by atoms with Crippen LogP contribution in [0.1, 0.15) is 21.5 Å². The molecule has 2 rings (SSSR count). The highest BCUT2D eigenvalue weighted by atomic mass is 16.6. The monoisotopic (exact) mass is 286 g/mol. The lowest BCUT2D eigenvalue weighted by Crippen LogP contribution is -2.16. The first-order valence-electron chi connectivity index (χ1n) is 6.25. The number of phenols is 1. The Balaban J connectivity index is 2.44. The van der Waals surface area contributed by atoms with Gasteiger partial charge >= 0.3 is 0 Å². The second kappa shape index (κ2) is 5.62. The van der Waals surface area contributed by atoms with Crippen molar-refractivity contribution in [1.82, 2.24) is 0 Å². The van der Waals surface area contributed by atoms with Crippen molar-refractivity contribution in [3.8, 4) is 5.75 Å². The molecule has 0 aliphatic heterocycles. The molecule has 108 valence electrons. The molecule has 0 bridgehead atoms. The molecular formula is C15H14N2O4. The summed E-state index contributed by atoms with van der Waals surface area (Å²) >= 11 is 0. The van der Waals surface area contributed by atoms with Crippen LogP contribution in [0, 0.1) is 24.0 Å². The van der Waals surface area contributed by atoms with Crippen LogP contribution in [0.4, 0.5) is 11.4 Å². The fourth-order valence-electron chi connectivity index (χ4n) is 2.16. The summed E-state index contributed by atoms with van der Waals surface area (Å²) in [5.74, 6) is -0.834. The Morgan fingerprint density at radius 2 is 1.71 bits per heavy atom. The highest BCUT2D eigenvalue weighted by molar-refractivity contribution is 6.08. The van der Waals surface area contributed by atoms with Crippen LogP contribution in [0.3, 0.4) is 0 Å². The van der Waals surface area contributed by atoms with Gasteiger partial charge < -0.3 is 10.4 Å². The van der Waals surface area contributed by atoms with Gasteiger partial charge in [0.15, 0.2) is 5.69 Å². The molecule has 0 saturated heterocycles. The number of carbonyl (C=O) groups is 1. The number of hydrogen-bond donors (Lipinski definition) is 2. The number of rotatable bonds is 3. The van der Waals surface area contributed by atoms with Crippen molar-refractivity contribution in [2.45, 2.75) is 13.8 Å². The number of anilines is 1. The molecule has 0 aliphatic rings. The summed E-state index contributed by atoms with van der Waals surface area (Å²) in [6.07, 6.45) is 0. The summed E-state index contributed by atoms with van der Waals surface area (Å²) in [5, 5.41) is 23.2. The first-order chi connectivity index (χ1) is 9.91. The summed E-state index contributed by atoms with van der Waals surface area (Å²) in [4.78, 5) is 22.7. The molecule has 2 aromatic rings. The van der Waals surface area contributed by atoms with Gasteiger partial charge in [0, 0.05) is 11.6 Å². The van der Waals surface area contributed by atoms with Gasteiger partial charge in [0.05, 0.1) is 4.92 Å². The topological polar surface area (TPSA) is 92.5 Å². The molecule has 0 aliphatic carbocycles. The number of nitrogens with zero attached hydrogens (tertiary/aromatic N) is 1. The van der Waals surface area contributed by atoms with E-state index >= 15 is 0 Å². The average molecular weight is 286 g/mol. The van der Waals surface area contributed by atoms with E-state index < -0.39 is 10.8 Å².